The summed E-state index contributed by atoms with van der Waals surface area (Å²) in [6.07, 6.45) is 0.747. The van der Waals surface area contributed by atoms with Gasteiger partial charge in [0.15, 0.2) is 0 Å². The summed E-state index contributed by atoms with van der Waals surface area (Å²) < 4.78 is 0. The molecule has 1 amide bonds. The summed E-state index contributed by atoms with van der Waals surface area (Å²) in [5.74, 6) is 0.298. The molecule has 0 spiro atoms. The van der Waals surface area contributed by atoms with E-state index >= 15 is 0 Å². The van der Waals surface area contributed by atoms with Crippen LogP contribution >= 0.6 is 0 Å². The van der Waals surface area contributed by atoms with Crippen LogP contribution in [-0.2, 0) is 4.79 Å². The minimum absolute atomic E-state index is 0.0640. The Kier molecular flexibility index (Phi) is 4.55. The third kappa shape index (κ3) is 3.51. The number of nitrogens with one attached hydrogen (secondary N) is 1. The fourth-order valence-corrected chi connectivity index (χ4v) is 1.85. The molecular formula is C10H19N3O2. The Labute approximate surface area is 90.1 Å². The number of oxime groups is 1. The van der Waals surface area contributed by atoms with E-state index in [-0.39, 0.29) is 11.8 Å². The van der Waals surface area contributed by atoms with Crippen molar-refractivity contribution in [2.75, 3.05) is 26.2 Å². The number of piperidine rings is 1. The molecule has 5 heteroatoms. The highest BCUT2D eigenvalue weighted by molar-refractivity contribution is 5.87. The van der Waals surface area contributed by atoms with E-state index in [1.165, 1.54) is 0 Å². The number of hydrogen-bond donors (Lipinski definition) is 2. The lowest BCUT2D eigenvalue weighted by Crippen LogP contribution is -2.44. The van der Waals surface area contributed by atoms with Crippen LogP contribution in [0.5, 0.6) is 0 Å². The van der Waals surface area contributed by atoms with Gasteiger partial charge in [0.05, 0.1) is 12.3 Å². The van der Waals surface area contributed by atoms with E-state index in [0.717, 1.165) is 25.2 Å². The van der Waals surface area contributed by atoms with Gasteiger partial charge in [0.2, 0.25) is 5.91 Å². The molecular weight excluding hydrogens is 194 g/mol. The molecule has 0 aliphatic carbocycles. The predicted molar refractivity (Wildman–Crippen MR) is 58.1 cm³/mol. The van der Waals surface area contributed by atoms with Crippen LogP contribution in [0, 0.1) is 5.92 Å². The molecule has 86 valence electrons. The summed E-state index contributed by atoms with van der Waals surface area (Å²) in [6, 6.07) is 0. The molecule has 1 atom stereocenters. The van der Waals surface area contributed by atoms with E-state index in [2.05, 4.69) is 15.4 Å². The van der Waals surface area contributed by atoms with Crippen LogP contribution in [0.25, 0.3) is 0 Å². The smallest absolute Gasteiger partial charge is 0.234 e. The number of nitrogens with zero attached hydrogens (tertiary/aromatic N) is 2. The molecule has 0 saturated carbocycles. The first-order valence-electron chi connectivity index (χ1n) is 5.37. The van der Waals surface area contributed by atoms with Crippen molar-refractivity contribution in [3.8, 4) is 0 Å². The topological polar surface area (TPSA) is 64.9 Å². The minimum Gasteiger partial charge on any atom is -0.411 e. The third-order valence-electron chi connectivity index (χ3n) is 2.65. The van der Waals surface area contributed by atoms with Crippen LogP contribution in [0.3, 0.4) is 0 Å². The Morgan fingerprint density at radius 2 is 2.47 bits per heavy atom. The highest BCUT2D eigenvalue weighted by Crippen LogP contribution is 2.12. The summed E-state index contributed by atoms with van der Waals surface area (Å²) >= 11 is 0. The highest BCUT2D eigenvalue weighted by Gasteiger charge is 2.23. The van der Waals surface area contributed by atoms with E-state index in [1.54, 1.807) is 0 Å². The number of hydrogen-bond acceptors (Lipinski definition) is 4. The first kappa shape index (κ1) is 12.0. The Morgan fingerprint density at radius 1 is 1.73 bits per heavy atom. The van der Waals surface area contributed by atoms with E-state index in [0.29, 0.717) is 13.1 Å². The number of likely N-dealkylation sites (tertiary alicyclic amines) is 1. The van der Waals surface area contributed by atoms with Gasteiger partial charge in [-0.1, -0.05) is 12.1 Å². The molecule has 1 aliphatic heterocycles. The van der Waals surface area contributed by atoms with Crippen molar-refractivity contribution in [3.63, 3.8) is 0 Å². The maximum atomic E-state index is 11.3. The fourth-order valence-electron chi connectivity index (χ4n) is 1.85. The average Bonchev–Trinajstić information content (AvgIpc) is 2.18. The maximum absolute atomic E-state index is 11.3. The van der Waals surface area contributed by atoms with Gasteiger partial charge in [0, 0.05) is 32.0 Å². The number of carbonyl (C=O) groups excluding carboxylic acids is 1. The van der Waals surface area contributed by atoms with Crippen LogP contribution in [0.15, 0.2) is 5.16 Å². The summed E-state index contributed by atoms with van der Waals surface area (Å²) in [6.45, 7) is 6.62. The number of carbonyl (C=O) groups is 1. The predicted octanol–water partition coefficient (Wildman–Crippen LogP) is 0.294. The van der Waals surface area contributed by atoms with Gasteiger partial charge in [-0.3, -0.25) is 9.69 Å². The lowest BCUT2D eigenvalue weighted by atomic mass is 9.98. The molecule has 15 heavy (non-hydrogen) atoms. The first-order valence-corrected chi connectivity index (χ1v) is 5.37. The number of rotatable bonds is 3. The zero-order valence-electron chi connectivity index (χ0n) is 9.36. The lowest BCUT2D eigenvalue weighted by Gasteiger charge is -2.30. The molecule has 0 aromatic carbocycles. The molecule has 1 unspecified atom stereocenters. The van der Waals surface area contributed by atoms with Gasteiger partial charge in [0.1, 0.15) is 0 Å². The van der Waals surface area contributed by atoms with Gasteiger partial charge < -0.3 is 10.5 Å². The molecule has 1 fully saturated rings. The van der Waals surface area contributed by atoms with Crippen molar-refractivity contribution in [1.29, 1.82) is 0 Å². The van der Waals surface area contributed by atoms with Gasteiger partial charge in [-0.2, -0.15) is 0 Å². The molecule has 1 saturated heterocycles. The Hall–Kier alpha value is -1.10. The molecule has 0 aromatic heterocycles. The molecule has 0 bridgehead atoms. The van der Waals surface area contributed by atoms with Gasteiger partial charge in [-0.25, -0.2) is 0 Å². The first-order chi connectivity index (χ1) is 7.17. The van der Waals surface area contributed by atoms with Crippen molar-refractivity contribution >= 4 is 11.6 Å². The zero-order valence-corrected chi connectivity index (χ0v) is 9.36. The second-order valence-electron chi connectivity index (χ2n) is 3.93. The van der Waals surface area contributed by atoms with E-state index in [1.807, 2.05) is 13.8 Å². The second-order valence-corrected chi connectivity index (χ2v) is 3.93. The molecule has 1 aliphatic rings. The molecule has 0 radical (unpaired) electrons. The molecule has 1 heterocycles. The summed E-state index contributed by atoms with van der Waals surface area (Å²) in [5.41, 5.74) is 0.835. The molecule has 5 nitrogen and oxygen atoms in total. The standard InChI is InChI=1S/C10H19N3O2/c1-3-11-10(14)7-13-5-4-9(12-15)8(2)6-13/h8,15H,3-7H2,1-2H3,(H,11,14). The van der Waals surface area contributed by atoms with Crippen LogP contribution in [0.2, 0.25) is 0 Å². The Bertz CT molecular complexity index is 253. The molecule has 0 aromatic rings. The number of amides is 1. The second kappa shape index (κ2) is 5.70. The van der Waals surface area contributed by atoms with Crippen LogP contribution in [-0.4, -0.2) is 47.9 Å². The average molecular weight is 213 g/mol. The van der Waals surface area contributed by atoms with Crippen molar-refractivity contribution in [2.24, 2.45) is 11.1 Å². The van der Waals surface area contributed by atoms with E-state index in [4.69, 9.17) is 5.21 Å². The minimum atomic E-state index is 0.0640. The van der Waals surface area contributed by atoms with Crippen LogP contribution in [0.4, 0.5) is 0 Å². The maximum Gasteiger partial charge on any atom is 0.234 e. The van der Waals surface area contributed by atoms with Gasteiger partial charge >= 0.3 is 0 Å². The van der Waals surface area contributed by atoms with Gasteiger partial charge in [0.25, 0.3) is 0 Å². The Balaban J connectivity index is 2.38. The van der Waals surface area contributed by atoms with Crippen LogP contribution < -0.4 is 5.32 Å². The summed E-state index contributed by atoms with van der Waals surface area (Å²) in [7, 11) is 0. The monoisotopic (exact) mass is 213 g/mol. The largest absolute Gasteiger partial charge is 0.411 e. The Morgan fingerprint density at radius 3 is 3.00 bits per heavy atom. The van der Waals surface area contributed by atoms with E-state index < -0.39 is 0 Å². The molecule has 1 rings (SSSR count). The van der Waals surface area contributed by atoms with E-state index in [9.17, 15) is 4.79 Å². The quantitative estimate of drug-likeness (QED) is 0.523. The van der Waals surface area contributed by atoms with Gasteiger partial charge in [-0.05, 0) is 6.92 Å². The van der Waals surface area contributed by atoms with Gasteiger partial charge in [-0.15, -0.1) is 0 Å². The summed E-state index contributed by atoms with van der Waals surface area (Å²) in [4.78, 5) is 13.4. The lowest BCUT2D eigenvalue weighted by molar-refractivity contribution is -0.122. The fraction of sp³-hybridized carbons (Fsp3) is 0.800. The van der Waals surface area contributed by atoms with Crippen molar-refractivity contribution < 1.29 is 10.0 Å². The zero-order chi connectivity index (χ0) is 11.3. The summed E-state index contributed by atoms with van der Waals surface area (Å²) in [5, 5.41) is 14.7. The third-order valence-corrected chi connectivity index (χ3v) is 2.65. The van der Waals surface area contributed by atoms with Crippen LogP contribution in [0.1, 0.15) is 20.3 Å². The SMILES string of the molecule is CCNC(=O)CN1CCC(=NO)C(C)C1. The normalized spacial score (nSPS) is 25.5. The molecule has 2 N–H and O–H groups in total. The number of likely N-dealkylation sites (N-methyl/N-ethyl adjacent to an activating group) is 1. The van der Waals surface area contributed by atoms with Crippen molar-refractivity contribution in [3.05, 3.63) is 0 Å². The highest BCUT2D eigenvalue weighted by atomic mass is 16.4. The van der Waals surface area contributed by atoms with Crippen molar-refractivity contribution in [1.82, 2.24) is 10.2 Å². The van der Waals surface area contributed by atoms with Crippen molar-refractivity contribution in [2.45, 2.75) is 20.3 Å².